The van der Waals surface area contributed by atoms with Crippen LogP contribution in [0.5, 0.6) is 5.75 Å². The van der Waals surface area contributed by atoms with Crippen molar-refractivity contribution < 1.29 is 42.7 Å². The van der Waals surface area contributed by atoms with Crippen molar-refractivity contribution >= 4 is 38.4 Å². The number of nitrogens with zero attached hydrogens (tertiary/aromatic N) is 2. The van der Waals surface area contributed by atoms with Gasteiger partial charge in [0, 0.05) is 17.2 Å². The van der Waals surface area contributed by atoms with Crippen LogP contribution in [-0.4, -0.2) is 77.4 Å². The number of nitrogens with one attached hydrogen (secondary N) is 1. The summed E-state index contributed by atoms with van der Waals surface area (Å²) in [5.74, 6) is -0.0659. The Morgan fingerprint density at radius 3 is 2.33 bits per heavy atom. The third kappa shape index (κ3) is 6.82. The Balaban J connectivity index is 1.21. The average molecular weight is 616 g/mol. The maximum Gasteiger partial charge on any atom is 0.263 e. The van der Waals surface area contributed by atoms with E-state index < -0.39 is 47.3 Å². The average Bonchev–Trinajstić information content (AvgIpc) is 3.45. The molecule has 1 aromatic heterocycles. The van der Waals surface area contributed by atoms with Crippen LogP contribution in [0.1, 0.15) is 5.56 Å². The van der Waals surface area contributed by atoms with E-state index in [0.29, 0.717) is 22.5 Å². The Morgan fingerprint density at radius 1 is 0.976 bits per heavy atom. The van der Waals surface area contributed by atoms with E-state index in [1.165, 1.54) is 24.3 Å². The summed E-state index contributed by atoms with van der Waals surface area (Å²) < 4.78 is 52.3. The van der Waals surface area contributed by atoms with E-state index in [1.807, 2.05) is 0 Å². The predicted octanol–water partition coefficient (Wildman–Crippen LogP) is 2.68. The number of hydrogen-bond donors (Lipinski definition) is 5. The number of hydrogen-bond acceptors (Lipinski definition) is 11. The maximum atomic E-state index is 13.0. The number of aromatic nitrogens is 1. The fourth-order valence-corrected chi connectivity index (χ4v) is 6.01. The van der Waals surface area contributed by atoms with Crippen molar-refractivity contribution in [3.8, 4) is 17.0 Å². The zero-order valence-corrected chi connectivity index (χ0v) is 23.3. The van der Waals surface area contributed by atoms with Gasteiger partial charge in [-0.2, -0.15) is 0 Å². The Morgan fingerprint density at radius 2 is 1.67 bits per heavy atom. The molecule has 3 aromatic carbocycles. The van der Waals surface area contributed by atoms with E-state index in [9.17, 15) is 33.2 Å². The molecule has 0 saturated carbocycles. The van der Waals surface area contributed by atoms with E-state index >= 15 is 0 Å². The Bertz CT molecular complexity index is 1630. The summed E-state index contributed by atoms with van der Waals surface area (Å²) in [7, 11) is -3.92. The largest absolute Gasteiger partial charge is 0.462 e. The van der Waals surface area contributed by atoms with Crippen molar-refractivity contribution in [2.45, 2.75) is 35.6 Å². The summed E-state index contributed by atoms with van der Waals surface area (Å²) in [6.07, 6.45) is -5.45. The van der Waals surface area contributed by atoms with Gasteiger partial charge in [0.05, 0.1) is 22.9 Å². The minimum Gasteiger partial charge on any atom is -0.462 e. The molecule has 2 heterocycles. The first kappa shape index (κ1) is 29.7. The van der Waals surface area contributed by atoms with Crippen LogP contribution in [0.25, 0.3) is 11.3 Å². The molecule has 4 aromatic rings. The van der Waals surface area contributed by atoms with Gasteiger partial charge in [-0.3, -0.25) is 9.71 Å². The smallest absolute Gasteiger partial charge is 0.263 e. The number of rotatable bonds is 9. The zero-order valence-electron chi connectivity index (χ0n) is 21.7. The van der Waals surface area contributed by atoms with Crippen LogP contribution in [0.15, 0.2) is 88.1 Å². The highest BCUT2D eigenvalue weighted by molar-refractivity contribution is 7.93. The molecule has 11 nitrogen and oxygen atoms in total. The molecule has 0 bridgehead atoms. The fourth-order valence-electron chi connectivity index (χ4n) is 4.04. The van der Waals surface area contributed by atoms with E-state index in [-0.39, 0.29) is 21.6 Å². The molecule has 1 aliphatic heterocycles. The van der Waals surface area contributed by atoms with Crippen molar-refractivity contribution in [1.29, 1.82) is 0 Å². The molecule has 0 radical (unpaired) electrons. The lowest BCUT2D eigenvalue weighted by molar-refractivity contribution is -0.277. The number of ether oxygens (including phenoxy) is 2. The summed E-state index contributed by atoms with van der Waals surface area (Å²) >= 11 is 1.10. The molecular formula is C28H26FN3O8S2. The molecule has 0 amide bonds. The minimum absolute atomic E-state index is 0.0228. The summed E-state index contributed by atoms with van der Waals surface area (Å²) in [4.78, 5) is 8.66. The fraction of sp³-hybridized carbons (Fsp3) is 0.214. The quantitative estimate of drug-likeness (QED) is 0.178. The number of aliphatic hydroxyl groups excluding tert-OH is 4. The van der Waals surface area contributed by atoms with Crippen LogP contribution in [0.3, 0.4) is 0 Å². The second-order valence-corrected chi connectivity index (χ2v) is 11.8. The maximum absolute atomic E-state index is 13.0. The molecule has 5 atom stereocenters. The first-order valence-electron chi connectivity index (χ1n) is 12.6. The van der Waals surface area contributed by atoms with Gasteiger partial charge in [0.2, 0.25) is 6.29 Å². The van der Waals surface area contributed by atoms with Gasteiger partial charge in [-0.15, -0.1) is 11.3 Å². The highest BCUT2D eigenvalue weighted by Gasteiger charge is 2.44. The summed E-state index contributed by atoms with van der Waals surface area (Å²) in [6, 6.07) is 18.2. The Labute approximate surface area is 244 Å². The molecule has 14 heteroatoms. The van der Waals surface area contributed by atoms with Crippen molar-refractivity contribution in [3.63, 3.8) is 0 Å². The van der Waals surface area contributed by atoms with Crippen LogP contribution in [-0.2, 0) is 14.8 Å². The summed E-state index contributed by atoms with van der Waals surface area (Å²) in [6.45, 7) is -0.571. The molecule has 1 fully saturated rings. The van der Waals surface area contributed by atoms with E-state index in [0.717, 1.165) is 11.3 Å². The van der Waals surface area contributed by atoms with Crippen LogP contribution in [0.4, 0.5) is 15.2 Å². The monoisotopic (exact) mass is 615 g/mol. The number of anilines is 1. The van der Waals surface area contributed by atoms with Gasteiger partial charge >= 0.3 is 0 Å². The molecule has 0 unspecified atom stereocenters. The number of aliphatic hydroxyl groups is 4. The van der Waals surface area contributed by atoms with Crippen molar-refractivity contribution in [1.82, 2.24) is 4.98 Å². The molecule has 5 rings (SSSR count). The number of benzene rings is 3. The van der Waals surface area contributed by atoms with Gasteiger partial charge in [0.1, 0.15) is 36.0 Å². The third-order valence-electron chi connectivity index (χ3n) is 6.36. The highest BCUT2D eigenvalue weighted by Crippen LogP contribution is 2.30. The summed E-state index contributed by atoms with van der Waals surface area (Å²) in [5.41, 5.74) is 2.38. The number of halogens is 1. The second kappa shape index (κ2) is 12.6. The zero-order chi connectivity index (χ0) is 29.9. The Kier molecular flexibility index (Phi) is 8.93. The van der Waals surface area contributed by atoms with Crippen LogP contribution in [0, 0.1) is 5.82 Å². The second-order valence-electron chi connectivity index (χ2n) is 9.29. The number of sulfonamides is 1. The van der Waals surface area contributed by atoms with Crippen LogP contribution >= 0.6 is 11.3 Å². The Hall–Kier alpha value is -3.76. The minimum atomic E-state index is -3.92. The van der Waals surface area contributed by atoms with E-state index in [2.05, 4.69) is 14.7 Å². The lowest BCUT2D eigenvalue weighted by Crippen LogP contribution is -2.60. The van der Waals surface area contributed by atoms with E-state index in [4.69, 9.17) is 9.47 Å². The highest BCUT2D eigenvalue weighted by atomic mass is 32.2. The van der Waals surface area contributed by atoms with Crippen molar-refractivity contribution in [2.24, 2.45) is 4.99 Å². The molecule has 5 N–H and O–H groups in total. The molecule has 1 aliphatic rings. The third-order valence-corrected chi connectivity index (χ3v) is 8.60. The van der Waals surface area contributed by atoms with Gasteiger partial charge in [-0.05, 0) is 66.2 Å². The molecular weight excluding hydrogens is 589 g/mol. The number of aliphatic imine (C=N–C) groups is 1. The van der Waals surface area contributed by atoms with E-state index in [1.54, 1.807) is 60.1 Å². The topological polar surface area (TPSA) is 171 Å². The van der Waals surface area contributed by atoms with Gasteiger partial charge in [-0.25, -0.2) is 17.8 Å². The molecule has 0 spiro atoms. The molecule has 220 valence electrons. The lowest BCUT2D eigenvalue weighted by Gasteiger charge is -2.39. The molecule has 1 saturated heterocycles. The normalized spacial score (nSPS) is 22.7. The standard InChI is InChI=1S/C28H26FN3O8S2/c29-18-5-1-16(2-6-18)13-30-19-7-11-21(12-8-19)42(37,38)32-28-31-22(15-41-28)17-3-9-20(10-4-17)39-27-26(36)25(35)24(34)23(14-33)40-27/h1-13,15,23-27,33-36H,14H2,(H,31,32)/t23-,24-,25+,26-,27-/m1/s1. The van der Waals surface area contributed by atoms with Gasteiger partial charge in [-0.1, -0.05) is 12.1 Å². The van der Waals surface area contributed by atoms with Crippen molar-refractivity contribution in [3.05, 3.63) is 89.6 Å². The van der Waals surface area contributed by atoms with Crippen molar-refractivity contribution in [2.75, 3.05) is 11.3 Å². The SMILES string of the molecule is O=S(=O)(Nc1nc(-c2ccc(O[C@@H]3O[C@H](CO)[C@@H](O)[C@H](O)[C@H]3O)cc2)cs1)c1ccc(N=Cc2ccc(F)cc2)cc1. The van der Waals surface area contributed by atoms with Crippen LogP contribution < -0.4 is 9.46 Å². The first-order valence-corrected chi connectivity index (χ1v) is 14.9. The van der Waals surface area contributed by atoms with Gasteiger partial charge in [0.25, 0.3) is 10.0 Å². The molecule has 0 aliphatic carbocycles. The van der Waals surface area contributed by atoms with Gasteiger partial charge in [0.15, 0.2) is 5.13 Å². The molecule has 42 heavy (non-hydrogen) atoms. The number of thiazole rings is 1. The van der Waals surface area contributed by atoms with Crippen LogP contribution in [0.2, 0.25) is 0 Å². The van der Waals surface area contributed by atoms with Gasteiger partial charge < -0.3 is 29.9 Å². The summed E-state index contributed by atoms with van der Waals surface area (Å²) in [5, 5.41) is 41.2. The first-order chi connectivity index (χ1) is 20.1. The predicted molar refractivity (Wildman–Crippen MR) is 153 cm³/mol. The lowest BCUT2D eigenvalue weighted by atomic mass is 9.99.